The first-order valence-corrected chi connectivity index (χ1v) is 12.3. The van der Waals surface area contributed by atoms with E-state index in [-0.39, 0.29) is 5.91 Å². The smallest absolute Gasteiger partial charge is 0.276 e. The Hall–Kier alpha value is -2.72. The van der Waals surface area contributed by atoms with Gasteiger partial charge in [-0.05, 0) is 24.6 Å². The molecule has 0 saturated carbocycles. The van der Waals surface area contributed by atoms with E-state index in [2.05, 4.69) is 28.2 Å². The van der Waals surface area contributed by atoms with Crippen LogP contribution in [-0.4, -0.2) is 43.2 Å². The quantitative estimate of drug-likeness (QED) is 0.551. The standard InChI is InChI=1S/C23H25BrN4O4S/c1-5-6-9-33-23-26-22(29)20-15-10-13(24)7-8-16(15)25-21(28(20)27-23)19-17(31-3)11-14(30-2)12-18(19)32-4/h7-8,10-12,21H,5-6,9H2,1-4H3,(H,26,27,29). The summed E-state index contributed by atoms with van der Waals surface area (Å²) < 4.78 is 17.6. The summed E-state index contributed by atoms with van der Waals surface area (Å²) in [6, 6.07) is 9.20. The van der Waals surface area contributed by atoms with E-state index < -0.39 is 6.17 Å². The van der Waals surface area contributed by atoms with Gasteiger partial charge in [-0.1, -0.05) is 41.0 Å². The lowest BCUT2D eigenvalue weighted by Gasteiger charge is -2.35. The molecule has 2 aliphatic heterocycles. The molecule has 1 unspecified atom stereocenters. The summed E-state index contributed by atoms with van der Waals surface area (Å²) in [6.45, 7) is 2.13. The van der Waals surface area contributed by atoms with Gasteiger partial charge in [-0.2, -0.15) is 0 Å². The van der Waals surface area contributed by atoms with E-state index in [1.807, 2.05) is 18.2 Å². The molecule has 2 aromatic carbocycles. The summed E-state index contributed by atoms with van der Waals surface area (Å²) in [4.78, 5) is 18.3. The first-order valence-electron chi connectivity index (χ1n) is 10.5. The highest BCUT2D eigenvalue weighted by Crippen LogP contribution is 2.43. The van der Waals surface area contributed by atoms with E-state index in [1.165, 1.54) is 11.8 Å². The van der Waals surface area contributed by atoms with Gasteiger partial charge in [0.2, 0.25) is 0 Å². The Morgan fingerprint density at radius 1 is 1.12 bits per heavy atom. The fourth-order valence-electron chi connectivity index (χ4n) is 3.70. The molecule has 0 aromatic heterocycles. The van der Waals surface area contributed by atoms with Crippen LogP contribution in [0.25, 0.3) is 5.70 Å². The monoisotopic (exact) mass is 532 g/mol. The Morgan fingerprint density at radius 2 is 1.85 bits per heavy atom. The van der Waals surface area contributed by atoms with Gasteiger partial charge in [0, 0.05) is 27.6 Å². The van der Waals surface area contributed by atoms with Crippen molar-refractivity contribution in [2.24, 2.45) is 10.1 Å². The van der Waals surface area contributed by atoms with E-state index in [0.717, 1.165) is 23.1 Å². The number of nitrogens with one attached hydrogen (secondary N) is 1. The number of methoxy groups -OCH3 is 3. The third kappa shape index (κ3) is 4.54. The first kappa shape index (κ1) is 23.4. The van der Waals surface area contributed by atoms with Crippen molar-refractivity contribution in [3.8, 4) is 17.2 Å². The predicted octanol–water partition coefficient (Wildman–Crippen LogP) is 3.15. The number of rotatable bonds is 7. The summed E-state index contributed by atoms with van der Waals surface area (Å²) in [7, 11) is 4.74. The number of halogens is 1. The number of unbranched alkanes of at least 4 members (excludes halogenated alkanes) is 1. The zero-order valence-corrected chi connectivity index (χ0v) is 21.2. The Balaban J connectivity index is 1.95. The molecule has 2 aliphatic rings. The fourth-order valence-corrected chi connectivity index (χ4v) is 5.00. The number of hydrogen-bond donors (Lipinski definition) is 1. The molecule has 4 rings (SSSR count). The normalized spacial score (nSPS) is 16.8. The van der Waals surface area contributed by atoms with Crippen LogP contribution in [0.3, 0.4) is 0 Å². The van der Waals surface area contributed by atoms with Crippen LogP contribution in [0.5, 0.6) is 17.2 Å². The molecule has 2 aromatic rings. The number of ether oxygens (including phenoxy) is 3. The summed E-state index contributed by atoms with van der Waals surface area (Å²) >= 11 is 5.02. The van der Waals surface area contributed by atoms with Crippen LogP contribution in [0.2, 0.25) is 0 Å². The minimum atomic E-state index is -0.669. The van der Waals surface area contributed by atoms with Gasteiger partial charge in [-0.3, -0.25) is 15.1 Å². The zero-order chi connectivity index (χ0) is 23.5. The predicted molar refractivity (Wildman–Crippen MR) is 132 cm³/mol. The Morgan fingerprint density at radius 3 is 2.48 bits per heavy atom. The number of hydrazone groups is 1. The van der Waals surface area contributed by atoms with Crippen LogP contribution in [0.1, 0.15) is 31.5 Å². The van der Waals surface area contributed by atoms with Gasteiger partial charge in [0.25, 0.3) is 5.91 Å². The lowest BCUT2D eigenvalue weighted by atomic mass is 10.1. The van der Waals surface area contributed by atoms with Crippen LogP contribution in [0.15, 0.2) is 44.9 Å². The number of thioether (sulfide) groups is 1. The minimum Gasteiger partial charge on any atom is -0.496 e. The average molecular weight is 533 g/mol. The highest BCUT2D eigenvalue weighted by atomic mass is 79.9. The highest BCUT2D eigenvalue weighted by molar-refractivity contribution is 9.10. The third-order valence-corrected chi connectivity index (χ3v) is 6.76. The molecule has 1 atom stereocenters. The second-order valence-corrected chi connectivity index (χ2v) is 9.36. The number of hydrogen-bond acceptors (Lipinski definition) is 8. The molecular formula is C23H25BrN4O4S. The van der Waals surface area contributed by atoms with E-state index in [0.29, 0.717) is 44.3 Å². The summed E-state index contributed by atoms with van der Waals surface area (Å²) in [6.07, 6.45) is 1.42. The largest absolute Gasteiger partial charge is 0.496 e. The maximum atomic E-state index is 13.3. The molecule has 174 valence electrons. The van der Waals surface area contributed by atoms with Crippen molar-refractivity contribution in [3.05, 3.63) is 50.9 Å². The molecule has 10 heteroatoms. The van der Waals surface area contributed by atoms with Gasteiger partial charge < -0.3 is 14.2 Å². The highest BCUT2D eigenvalue weighted by Gasteiger charge is 2.37. The van der Waals surface area contributed by atoms with Crippen molar-refractivity contribution >= 4 is 44.5 Å². The second-order valence-electron chi connectivity index (χ2n) is 7.36. The number of amidine groups is 1. The fraction of sp³-hybridized carbons (Fsp3) is 0.348. The average Bonchev–Trinajstić information content (AvgIpc) is 2.82. The second kappa shape index (κ2) is 10.0. The SMILES string of the molecule is CCCCSC1=NN2C(=c3cc(Br)ccc3=NC2c2c(OC)cc(OC)cc2OC)C(=O)N1. The lowest BCUT2D eigenvalue weighted by Crippen LogP contribution is -2.50. The molecule has 8 nitrogen and oxygen atoms in total. The Bertz CT molecular complexity index is 1210. The topological polar surface area (TPSA) is 84.8 Å². The molecule has 1 amide bonds. The van der Waals surface area contributed by atoms with Crippen LogP contribution in [-0.2, 0) is 4.79 Å². The van der Waals surface area contributed by atoms with Crippen molar-refractivity contribution < 1.29 is 19.0 Å². The molecule has 0 fully saturated rings. The molecular weight excluding hydrogens is 508 g/mol. The Kier molecular flexibility index (Phi) is 7.14. The van der Waals surface area contributed by atoms with Gasteiger partial charge in [0.15, 0.2) is 11.3 Å². The van der Waals surface area contributed by atoms with Gasteiger partial charge in [0.1, 0.15) is 22.9 Å². The van der Waals surface area contributed by atoms with E-state index >= 15 is 0 Å². The Labute approximate surface area is 204 Å². The lowest BCUT2D eigenvalue weighted by molar-refractivity contribution is -0.116. The van der Waals surface area contributed by atoms with E-state index in [4.69, 9.17) is 24.3 Å². The maximum absolute atomic E-state index is 13.3. The van der Waals surface area contributed by atoms with Crippen molar-refractivity contribution in [2.75, 3.05) is 27.1 Å². The van der Waals surface area contributed by atoms with Crippen LogP contribution in [0, 0.1) is 0 Å². The van der Waals surface area contributed by atoms with Crippen molar-refractivity contribution in [2.45, 2.75) is 25.9 Å². The molecule has 0 spiro atoms. The van der Waals surface area contributed by atoms with Crippen LogP contribution < -0.4 is 30.1 Å². The minimum absolute atomic E-state index is 0.227. The van der Waals surface area contributed by atoms with E-state index in [1.54, 1.807) is 38.5 Å². The van der Waals surface area contributed by atoms with Gasteiger partial charge in [-0.25, -0.2) is 5.01 Å². The number of amides is 1. The zero-order valence-electron chi connectivity index (χ0n) is 18.8. The molecule has 0 saturated heterocycles. The summed E-state index contributed by atoms with van der Waals surface area (Å²) in [5.41, 5.74) is 1.08. The molecule has 33 heavy (non-hydrogen) atoms. The van der Waals surface area contributed by atoms with Gasteiger partial charge >= 0.3 is 0 Å². The molecule has 0 radical (unpaired) electrons. The third-order valence-electron chi connectivity index (χ3n) is 5.32. The molecule has 1 N–H and O–H groups in total. The maximum Gasteiger partial charge on any atom is 0.276 e. The molecule has 2 heterocycles. The molecule has 0 aliphatic carbocycles. The van der Waals surface area contributed by atoms with Gasteiger partial charge in [0.05, 0.1) is 32.3 Å². The van der Waals surface area contributed by atoms with Gasteiger partial charge in [-0.15, -0.1) is 5.10 Å². The van der Waals surface area contributed by atoms with Crippen molar-refractivity contribution in [1.82, 2.24) is 10.3 Å². The number of nitrogens with zero attached hydrogens (tertiary/aromatic N) is 3. The summed E-state index contributed by atoms with van der Waals surface area (Å²) in [5, 5.41) is 11.3. The number of carbonyl (C=O) groups is 1. The first-order chi connectivity index (χ1) is 16.0. The number of benzene rings is 2. The van der Waals surface area contributed by atoms with Crippen molar-refractivity contribution in [3.63, 3.8) is 0 Å². The number of carbonyl (C=O) groups excluding carboxylic acids is 1. The van der Waals surface area contributed by atoms with E-state index in [9.17, 15) is 4.79 Å². The summed E-state index contributed by atoms with van der Waals surface area (Å²) in [5.74, 6) is 2.28. The number of fused-ring (bicyclic) bond motifs is 2. The van der Waals surface area contributed by atoms with Crippen LogP contribution >= 0.6 is 27.7 Å². The molecule has 0 bridgehead atoms. The van der Waals surface area contributed by atoms with Crippen LogP contribution in [0.4, 0.5) is 0 Å². The van der Waals surface area contributed by atoms with Crippen molar-refractivity contribution in [1.29, 1.82) is 0 Å².